The zero-order valence-electron chi connectivity index (χ0n) is 10.3. The number of aryl methyl sites for hydroxylation is 1. The van der Waals surface area contributed by atoms with Gasteiger partial charge < -0.3 is 5.73 Å². The summed E-state index contributed by atoms with van der Waals surface area (Å²) >= 11 is 0. The smallest absolute Gasteiger partial charge is 0.150 e. The Hall–Kier alpha value is -0.870. The van der Waals surface area contributed by atoms with Gasteiger partial charge in [-0.25, -0.2) is 8.42 Å². The number of rotatable bonds is 7. The first kappa shape index (κ1) is 14.2. The summed E-state index contributed by atoms with van der Waals surface area (Å²) in [7, 11) is -2.94. The Labute approximate surface area is 104 Å². The highest BCUT2D eigenvalue weighted by atomic mass is 32.2. The molecule has 1 unspecified atom stereocenters. The summed E-state index contributed by atoms with van der Waals surface area (Å²) in [4.78, 5) is 0. The molecule has 4 heteroatoms. The maximum absolute atomic E-state index is 11.7. The van der Waals surface area contributed by atoms with Crippen molar-refractivity contribution in [2.75, 3.05) is 18.1 Å². The standard InChI is InChI=1S/C13H21NO2S/c1-12(10-14)11-17(15,16)9-5-8-13-6-3-2-4-7-13/h2-4,6-7,12H,5,8-11,14H2,1H3. The van der Waals surface area contributed by atoms with E-state index >= 15 is 0 Å². The van der Waals surface area contributed by atoms with Gasteiger partial charge in [0.05, 0.1) is 11.5 Å². The van der Waals surface area contributed by atoms with Gasteiger partial charge in [-0.3, -0.25) is 0 Å². The molecule has 1 rings (SSSR count). The summed E-state index contributed by atoms with van der Waals surface area (Å²) in [5.41, 5.74) is 6.62. The monoisotopic (exact) mass is 255 g/mol. The number of sulfone groups is 1. The van der Waals surface area contributed by atoms with Gasteiger partial charge >= 0.3 is 0 Å². The van der Waals surface area contributed by atoms with E-state index in [2.05, 4.69) is 0 Å². The fraction of sp³-hybridized carbons (Fsp3) is 0.538. The second-order valence-electron chi connectivity index (χ2n) is 4.54. The van der Waals surface area contributed by atoms with Crippen LogP contribution in [-0.4, -0.2) is 26.5 Å². The maximum atomic E-state index is 11.7. The van der Waals surface area contributed by atoms with Crippen LogP contribution in [0.3, 0.4) is 0 Å². The van der Waals surface area contributed by atoms with E-state index in [1.165, 1.54) is 5.56 Å². The lowest BCUT2D eigenvalue weighted by Gasteiger charge is -2.09. The Morgan fingerprint density at radius 2 is 1.88 bits per heavy atom. The van der Waals surface area contributed by atoms with Crippen LogP contribution in [0.2, 0.25) is 0 Å². The van der Waals surface area contributed by atoms with Crippen molar-refractivity contribution in [3.05, 3.63) is 35.9 Å². The third-order valence-corrected chi connectivity index (χ3v) is 4.69. The average Bonchev–Trinajstić information content (AvgIpc) is 2.29. The minimum absolute atomic E-state index is 0.0525. The molecule has 2 N–H and O–H groups in total. The Kier molecular flexibility index (Phi) is 5.65. The van der Waals surface area contributed by atoms with Crippen molar-refractivity contribution in [1.82, 2.24) is 0 Å². The predicted octanol–water partition coefficient (Wildman–Crippen LogP) is 1.63. The fourth-order valence-electron chi connectivity index (χ4n) is 1.73. The Morgan fingerprint density at radius 3 is 2.47 bits per heavy atom. The molecule has 1 atom stereocenters. The van der Waals surface area contributed by atoms with E-state index in [-0.39, 0.29) is 17.4 Å². The van der Waals surface area contributed by atoms with Crippen molar-refractivity contribution in [2.24, 2.45) is 11.7 Å². The normalized spacial score (nSPS) is 13.5. The lowest BCUT2D eigenvalue weighted by Crippen LogP contribution is -2.23. The first-order chi connectivity index (χ1) is 8.03. The van der Waals surface area contributed by atoms with Crippen molar-refractivity contribution >= 4 is 9.84 Å². The molecule has 0 spiro atoms. The second kappa shape index (κ2) is 6.77. The first-order valence-corrected chi connectivity index (χ1v) is 7.80. The van der Waals surface area contributed by atoms with Gasteiger partial charge in [0.25, 0.3) is 0 Å². The molecule has 0 heterocycles. The number of hydrogen-bond donors (Lipinski definition) is 1. The number of nitrogens with two attached hydrogens (primary N) is 1. The molecule has 0 bridgehead atoms. The summed E-state index contributed by atoms with van der Waals surface area (Å²) in [5, 5.41) is 0. The minimum Gasteiger partial charge on any atom is -0.330 e. The quantitative estimate of drug-likeness (QED) is 0.805. The van der Waals surface area contributed by atoms with Gasteiger partial charge in [-0.05, 0) is 30.9 Å². The molecule has 0 fully saturated rings. The number of benzene rings is 1. The second-order valence-corrected chi connectivity index (χ2v) is 6.77. The van der Waals surface area contributed by atoms with Crippen LogP contribution in [0, 0.1) is 5.92 Å². The zero-order valence-corrected chi connectivity index (χ0v) is 11.1. The van der Waals surface area contributed by atoms with E-state index in [1.807, 2.05) is 37.3 Å². The molecule has 0 aromatic heterocycles. The molecule has 0 aliphatic rings. The van der Waals surface area contributed by atoms with E-state index in [1.54, 1.807) is 0 Å². The predicted molar refractivity (Wildman–Crippen MR) is 71.6 cm³/mol. The van der Waals surface area contributed by atoms with Crippen molar-refractivity contribution in [3.8, 4) is 0 Å². The molecule has 0 amide bonds. The molecule has 0 saturated carbocycles. The van der Waals surface area contributed by atoms with E-state index in [9.17, 15) is 8.42 Å². The van der Waals surface area contributed by atoms with Gasteiger partial charge in [0.15, 0.2) is 9.84 Å². The SMILES string of the molecule is CC(CN)CS(=O)(=O)CCCc1ccccc1. The van der Waals surface area contributed by atoms with Crippen LogP contribution >= 0.6 is 0 Å². The Morgan fingerprint density at radius 1 is 1.24 bits per heavy atom. The third kappa shape index (κ3) is 5.84. The van der Waals surface area contributed by atoms with Crippen LogP contribution in [0.4, 0.5) is 0 Å². The largest absolute Gasteiger partial charge is 0.330 e. The molecule has 0 aliphatic heterocycles. The van der Waals surface area contributed by atoms with Gasteiger partial charge in [0, 0.05) is 0 Å². The van der Waals surface area contributed by atoms with E-state index in [0.29, 0.717) is 13.0 Å². The molecule has 96 valence electrons. The highest BCUT2D eigenvalue weighted by Crippen LogP contribution is 2.06. The van der Waals surface area contributed by atoms with Crippen LogP contribution in [-0.2, 0) is 16.3 Å². The molecular formula is C13H21NO2S. The fourth-order valence-corrected chi connectivity index (χ4v) is 3.48. The van der Waals surface area contributed by atoms with Gasteiger partial charge in [-0.15, -0.1) is 0 Å². The Bertz CT molecular complexity index is 414. The van der Waals surface area contributed by atoms with Gasteiger partial charge in [0.1, 0.15) is 0 Å². The van der Waals surface area contributed by atoms with Crippen LogP contribution < -0.4 is 5.73 Å². The first-order valence-electron chi connectivity index (χ1n) is 5.98. The lowest BCUT2D eigenvalue weighted by molar-refractivity contribution is 0.571. The molecule has 0 saturated heterocycles. The van der Waals surface area contributed by atoms with Crippen LogP contribution in [0.15, 0.2) is 30.3 Å². The van der Waals surface area contributed by atoms with Crippen LogP contribution in [0.5, 0.6) is 0 Å². The number of hydrogen-bond acceptors (Lipinski definition) is 3. The topological polar surface area (TPSA) is 60.2 Å². The molecule has 0 aliphatic carbocycles. The van der Waals surface area contributed by atoms with Gasteiger partial charge in [0.2, 0.25) is 0 Å². The molecule has 17 heavy (non-hydrogen) atoms. The van der Waals surface area contributed by atoms with E-state index in [0.717, 1.165) is 6.42 Å². The third-order valence-electron chi connectivity index (χ3n) is 2.70. The minimum atomic E-state index is -2.94. The van der Waals surface area contributed by atoms with Gasteiger partial charge in [-0.1, -0.05) is 37.3 Å². The zero-order chi connectivity index (χ0) is 12.7. The van der Waals surface area contributed by atoms with Crippen molar-refractivity contribution < 1.29 is 8.42 Å². The van der Waals surface area contributed by atoms with Crippen LogP contribution in [0.25, 0.3) is 0 Å². The summed E-state index contributed by atoms with van der Waals surface area (Å²) < 4.78 is 23.5. The summed E-state index contributed by atoms with van der Waals surface area (Å²) in [6.45, 7) is 2.30. The highest BCUT2D eigenvalue weighted by molar-refractivity contribution is 7.91. The van der Waals surface area contributed by atoms with Crippen molar-refractivity contribution in [2.45, 2.75) is 19.8 Å². The average molecular weight is 255 g/mol. The van der Waals surface area contributed by atoms with E-state index in [4.69, 9.17) is 5.73 Å². The summed E-state index contributed by atoms with van der Waals surface area (Å²) in [6.07, 6.45) is 1.50. The molecular weight excluding hydrogens is 234 g/mol. The summed E-state index contributed by atoms with van der Waals surface area (Å²) in [6, 6.07) is 9.95. The Balaban J connectivity index is 2.36. The lowest BCUT2D eigenvalue weighted by atomic mass is 10.1. The molecule has 3 nitrogen and oxygen atoms in total. The van der Waals surface area contributed by atoms with Gasteiger partial charge in [-0.2, -0.15) is 0 Å². The van der Waals surface area contributed by atoms with Crippen molar-refractivity contribution in [1.29, 1.82) is 0 Å². The van der Waals surface area contributed by atoms with Crippen molar-refractivity contribution in [3.63, 3.8) is 0 Å². The summed E-state index contributed by atoms with van der Waals surface area (Å²) in [5.74, 6) is 0.515. The molecule has 0 radical (unpaired) electrons. The molecule has 1 aromatic carbocycles. The highest BCUT2D eigenvalue weighted by Gasteiger charge is 2.14. The maximum Gasteiger partial charge on any atom is 0.150 e. The van der Waals surface area contributed by atoms with E-state index < -0.39 is 9.84 Å². The molecule has 1 aromatic rings. The van der Waals surface area contributed by atoms with Crippen LogP contribution in [0.1, 0.15) is 18.9 Å².